The first-order valence-electron chi connectivity index (χ1n) is 6.06. The topological polar surface area (TPSA) is 27.0 Å². The van der Waals surface area contributed by atoms with Crippen molar-refractivity contribution in [2.75, 3.05) is 11.9 Å². The van der Waals surface area contributed by atoms with Crippen molar-refractivity contribution in [1.29, 1.82) is 5.26 Å². The zero-order chi connectivity index (χ0) is 13.8. The van der Waals surface area contributed by atoms with Crippen molar-refractivity contribution < 1.29 is 0 Å². The predicted molar refractivity (Wildman–Crippen MR) is 79.5 cm³/mol. The fourth-order valence-corrected chi connectivity index (χ4v) is 2.22. The van der Waals surface area contributed by atoms with E-state index in [0.29, 0.717) is 0 Å². The molecule has 0 aliphatic rings. The number of nitrogens with zero attached hydrogens (tertiary/aromatic N) is 2. The lowest BCUT2D eigenvalue weighted by Crippen LogP contribution is -2.16. The van der Waals surface area contributed by atoms with Crippen molar-refractivity contribution in [3.63, 3.8) is 0 Å². The van der Waals surface area contributed by atoms with Gasteiger partial charge in [-0.25, -0.2) is 0 Å². The predicted octanol–water partition coefficient (Wildman–Crippen LogP) is 4.16. The molecule has 2 rings (SSSR count). The van der Waals surface area contributed by atoms with Gasteiger partial charge in [-0.15, -0.1) is 0 Å². The molecule has 0 saturated carbocycles. The lowest BCUT2D eigenvalue weighted by atomic mass is 10.1. The molecule has 0 bridgehead atoms. The van der Waals surface area contributed by atoms with Gasteiger partial charge in [-0.05, 0) is 48.4 Å². The highest BCUT2D eigenvalue weighted by Crippen LogP contribution is 2.20. The van der Waals surface area contributed by atoms with Gasteiger partial charge in [0.25, 0.3) is 0 Å². The number of halogens is 1. The smallest absolute Gasteiger partial charge is 0.0994 e. The number of rotatable bonds is 3. The van der Waals surface area contributed by atoms with E-state index >= 15 is 0 Å². The lowest BCUT2D eigenvalue weighted by molar-refractivity contribution is 0.922. The van der Waals surface area contributed by atoms with E-state index in [9.17, 15) is 0 Å². The monoisotopic (exact) mass is 270 g/mol. The summed E-state index contributed by atoms with van der Waals surface area (Å²) in [6, 6.07) is 15.9. The number of aryl methyl sites for hydroxylation is 1. The van der Waals surface area contributed by atoms with Crippen LogP contribution >= 0.6 is 11.6 Å². The first kappa shape index (κ1) is 13.5. The van der Waals surface area contributed by atoms with Crippen LogP contribution in [0, 0.1) is 18.3 Å². The highest BCUT2D eigenvalue weighted by molar-refractivity contribution is 6.30. The van der Waals surface area contributed by atoms with Gasteiger partial charge in [0.15, 0.2) is 0 Å². The summed E-state index contributed by atoms with van der Waals surface area (Å²) in [7, 11) is 2.03. The molecule has 3 heteroatoms. The van der Waals surface area contributed by atoms with E-state index < -0.39 is 0 Å². The molecule has 0 atom stereocenters. The molecule has 2 nitrogen and oxygen atoms in total. The average Bonchev–Trinajstić information content (AvgIpc) is 2.38. The van der Waals surface area contributed by atoms with Gasteiger partial charge in [0.1, 0.15) is 0 Å². The fourth-order valence-electron chi connectivity index (χ4n) is 2.01. The second-order valence-electron chi connectivity index (χ2n) is 4.60. The molecular weight excluding hydrogens is 256 g/mol. The Balaban J connectivity index is 2.18. The van der Waals surface area contributed by atoms with Crippen LogP contribution < -0.4 is 4.90 Å². The number of nitriles is 1. The summed E-state index contributed by atoms with van der Waals surface area (Å²) in [6.45, 7) is 2.74. The number of benzene rings is 2. The Morgan fingerprint density at radius 2 is 2.00 bits per heavy atom. The van der Waals surface area contributed by atoms with Gasteiger partial charge >= 0.3 is 0 Å². The Bertz CT molecular complexity index is 629. The standard InChI is InChI=1S/C16H15ClN2/c1-12-8-16(7-6-14(12)10-18)19(2)11-13-4-3-5-15(17)9-13/h3-9H,11H2,1-2H3. The molecule has 0 fully saturated rings. The molecule has 0 unspecified atom stereocenters. The molecule has 0 aromatic heterocycles. The van der Waals surface area contributed by atoms with E-state index in [-0.39, 0.29) is 0 Å². The van der Waals surface area contributed by atoms with E-state index in [4.69, 9.17) is 16.9 Å². The van der Waals surface area contributed by atoms with Gasteiger partial charge in [0.05, 0.1) is 11.6 Å². The van der Waals surface area contributed by atoms with Crippen LogP contribution in [-0.4, -0.2) is 7.05 Å². The maximum atomic E-state index is 8.94. The van der Waals surface area contributed by atoms with Crippen LogP contribution in [0.2, 0.25) is 5.02 Å². The number of anilines is 1. The Labute approximate surface area is 118 Å². The van der Waals surface area contributed by atoms with Gasteiger partial charge in [0, 0.05) is 24.3 Å². The molecular formula is C16H15ClN2. The molecule has 0 radical (unpaired) electrons. The normalized spacial score (nSPS) is 10.0. The quantitative estimate of drug-likeness (QED) is 0.837. The van der Waals surface area contributed by atoms with Crippen molar-refractivity contribution in [3.05, 3.63) is 64.2 Å². The van der Waals surface area contributed by atoms with E-state index in [1.165, 1.54) is 0 Å². The van der Waals surface area contributed by atoms with E-state index in [1.54, 1.807) is 0 Å². The Hall–Kier alpha value is -1.98. The summed E-state index contributed by atoms with van der Waals surface area (Å²) < 4.78 is 0. The average molecular weight is 271 g/mol. The summed E-state index contributed by atoms with van der Waals surface area (Å²) in [5.41, 5.74) is 3.98. The molecule has 0 N–H and O–H groups in total. The lowest BCUT2D eigenvalue weighted by Gasteiger charge is -2.20. The Morgan fingerprint density at radius 3 is 2.63 bits per heavy atom. The van der Waals surface area contributed by atoms with Crippen LogP contribution in [0.4, 0.5) is 5.69 Å². The molecule has 2 aromatic carbocycles. The van der Waals surface area contributed by atoms with E-state index in [2.05, 4.69) is 17.0 Å². The van der Waals surface area contributed by atoms with Gasteiger partial charge in [0.2, 0.25) is 0 Å². The largest absolute Gasteiger partial charge is 0.370 e. The highest BCUT2D eigenvalue weighted by atomic mass is 35.5. The fraction of sp³-hybridized carbons (Fsp3) is 0.188. The zero-order valence-electron chi connectivity index (χ0n) is 11.0. The molecule has 0 amide bonds. The molecule has 0 spiro atoms. The van der Waals surface area contributed by atoms with Crippen molar-refractivity contribution in [2.45, 2.75) is 13.5 Å². The SMILES string of the molecule is Cc1cc(N(C)Cc2cccc(Cl)c2)ccc1C#N. The molecule has 96 valence electrons. The third-order valence-corrected chi connectivity index (χ3v) is 3.32. The second-order valence-corrected chi connectivity index (χ2v) is 5.03. The van der Waals surface area contributed by atoms with E-state index in [0.717, 1.165) is 33.9 Å². The Kier molecular flexibility index (Phi) is 4.09. The molecule has 0 saturated heterocycles. The molecule has 2 aromatic rings. The minimum absolute atomic E-state index is 0.722. The van der Waals surface area contributed by atoms with Gasteiger partial charge in [-0.2, -0.15) is 5.26 Å². The third-order valence-electron chi connectivity index (χ3n) is 3.08. The van der Waals surface area contributed by atoms with Crippen molar-refractivity contribution in [3.8, 4) is 6.07 Å². The molecule has 0 aliphatic carbocycles. The minimum Gasteiger partial charge on any atom is -0.370 e. The summed E-state index contributed by atoms with van der Waals surface area (Å²) in [5.74, 6) is 0. The van der Waals surface area contributed by atoms with Crippen molar-refractivity contribution in [1.82, 2.24) is 0 Å². The third kappa shape index (κ3) is 3.27. The van der Waals surface area contributed by atoms with Gasteiger partial charge in [-0.1, -0.05) is 23.7 Å². The van der Waals surface area contributed by atoms with Crippen LogP contribution in [0.3, 0.4) is 0 Å². The van der Waals surface area contributed by atoms with Crippen molar-refractivity contribution in [2.24, 2.45) is 0 Å². The molecule has 19 heavy (non-hydrogen) atoms. The maximum absolute atomic E-state index is 8.94. The first-order valence-corrected chi connectivity index (χ1v) is 6.44. The van der Waals surface area contributed by atoms with E-state index in [1.807, 2.05) is 50.4 Å². The van der Waals surface area contributed by atoms with Crippen LogP contribution in [0.15, 0.2) is 42.5 Å². The molecule has 0 heterocycles. The number of hydrogen-bond acceptors (Lipinski definition) is 2. The zero-order valence-corrected chi connectivity index (χ0v) is 11.8. The van der Waals surface area contributed by atoms with Crippen LogP contribution in [0.1, 0.15) is 16.7 Å². The summed E-state index contributed by atoms with van der Waals surface area (Å²) in [6.07, 6.45) is 0. The van der Waals surface area contributed by atoms with Crippen molar-refractivity contribution >= 4 is 17.3 Å². The number of hydrogen-bond donors (Lipinski definition) is 0. The van der Waals surface area contributed by atoms with Gasteiger partial charge < -0.3 is 4.90 Å². The highest BCUT2D eigenvalue weighted by Gasteiger charge is 2.05. The summed E-state index contributed by atoms with van der Waals surface area (Å²) >= 11 is 5.98. The van der Waals surface area contributed by atoms with Crippen LogP contribution in [0.25, 0.3) is 0 Å². The maximum Gasteiger partial charge on any atom is 0.0994 e. The van der Waals surface area contributed by atoms with Crippen LogP contribution in [-0.2, 0) is 6.54 Å². The van der Waals surface area contributed by atoms with Crippen LogP contribution in [0.5, 0.6) is 0 Å². The summed E-state index contributed by atoms with van der Waals surface area (Å²) in [5, 5.41) is 9.69. The minimum atomic E-state index is 0.722. The Morgan fingerprint density at radius 1 is 1.21 bits per heavy atom. The second kappa shape index (κ2) is 5.77. The molecule has 0 aliphatic heterocycles. The first-order chi connectivity index (χ1) is 9.10. The summed E-state index contributed by atoms with van der Waals surface area (Å²) in [4.78, 5) is 2.14. The van der Waals surface area contributed by atoms with Gasteiger partial charge in [-0.3, -0.25) is 0 Å².